The minimum absolute atomic E-state index is 0.600. The van der Waals surface area contributed by atoms with Gasteiger partial charge in [0.05, 0.1) is 12.7 Å². The molecule has 0 aromatic rings. The van der Waals surface area contributed by atoms with Crippen molar-refractivity contribution in [3.05, 3.63) is 10.4 Å². The topological polar surface area (TPSA) is 160 Å². The maximum atomic E-state index is 10.5. The van der Waals surface area contributed by atoms with Crippen LogP contribution in [-0.4, -0.2) is 69.5 Å². The summed E-state index contributed by atoms with van der Waals surface area (Å²) in [6.07, 6.45) is -4.33. The number of ether oxygens (including phenoxy) is 3. The van der Waals surface area contributed by atoms with Gasteiger partial charge in [0.25, 0.3) is 0 Å². The molecule has 0 spiro atoms. The third-order valence-corrected chi connectivity index (χ3v) is 3.18. The first-order chi connectivity index (χ1) is 9.34. The predicted octanol–water partition coefficient (Wildman–Crippen LogP) is -0.768. The van der Waals surface area contributed by atoms with Crippen molar-refractivity contribution in [2.45, 2.75) is 30.6 Å². The zero-order valence-electron chi connectivity index (χ0n) is 10.7. The fraction of sp³-hybridized carbons (Fsp3) is 1.00. The highest BCUT2D eigenvalue weighted by molar-refractivity contribution is 7.80. The highest BCUT2D eigenvalue weighted by Gasteiger charge is 2.46. The monoisotopic (exact) mass is 313 g/mol. The van der Waals surface area contributed by atoms with E-state index in [1.807, 2.05) is 0 Å². The van der Waals surface area contributed by atoms with E-state index in [9.17, 15) is 13.5 Å². The number of aliphatic hydroxyl groups is 1. The Hall–Kier alpha value is -0.980. The Morgan fingerprint density at radius 1 is 1.35 bits per heavy atom. The van der Waals surface area contributed by atoms with Gasteiger partial charge in [0, 0.05) is 19.1 Å². The molecule has 0 amide bonds. The number of methoxy groups -OCH3 is 2. The fourth-order valence-corrected chi connectivity index (χ4v) is 2.24. The Morgan fingerprint density at radius 2 is 1.95 bits per heavy atom. The molecule has 0 radical (unpaired) electrons. The molecule has 0 aromatic heterocycles. The van der Waals surface area contributed by atoms with Gasteiger partial charge in [0.15, 0.2) is 6.29 Å². The first-order valence-electron chi connectivity index (χ1n) is 5.39. The van der Waals surface area contributed by atoms with E-state index in [1.165, 1.54) is 14.2 Å². The van der Waals surface area contributed by atoms with Crippen molar-refractivity contribution >= 4 is 10.4 Å². The van der Waals surface area contributed by atoms with E-state index in [0.717, 1.165) is 0 Å². The summed E-state index contributed by atoms with van der Waals surface area (Å²) in [7, 11) is -2.06. The summed E-state index contributed by atoms with van der Waals surface area (Å²) >= 11 is 0. The third kappa shape index (κ3) is 4.26. The summed E-state index contributed by atoms with van der Waals surface area (Å²) in [4.78, 5) is 2.57. The number of hydrogen-bond donors (Lipinski definition) is 2. The first-order valence-corrected chi connectivity index (χ1v) is 6.75. The van der Waals surface area contributed by atoms with Gasteiger partial charge in [0.2, 0.25) is 0 Å². The van der Waals surface area contributed by atoms with Crippen LogP contribution in [0.4, 0.5) is 0 Å². The van der Waals surface area contributed by atoms with Crippen LogP contribution in [0.15, 0.2) is 5.11 Å². The average molecular weight is 313 g/mol. The van der Waals surface area contributed by atoms with Gasteiger partial charge >= 0.3 is 10.4 Å². The van der Waals surface area contributed by atoms with E-state index in [0.29, 0.717) is 0 Å². The Labute approximate surface area is 115 Å². The molecule has 0 aliphatic carbocycles. The van der Waals surface area contributed by atoms with Crippen LogP contribution in [0.5, 0.6) is 0 Å². The molecule has 11 nitrogen and oxygen atoms in total. The normalized spacial score (nSPS) is 34.5. The minimum atomic E-state index is -4.66. The van der Waals surface area contributed by atoms with Crippen LogP contribution in [0.1, 0.15) is 0 Å². The van der Waals surface area contributed by atoms with Crippen LogP contribution in [0, 0.1) is 0 Å². The Bertz CT molecular complexity index is 464. The largest absolute Gasteiger partial charge is 0.397 e. The number of hydrogen-bond acceptors (Lipinski definition) is 8. The summed E-state index contributed by atoms with van der Waals surface area (Å²) in [5.41, 5.74) is 8.44. The standard InChI is InChI=1S/C8H15N3O8S/c1-16-6-4(3-18-20(13,14)15)19-8(12)5(10-11-9)7(6)17-2/h4-8,12H,3H2,1-2H3,(H,13,14,15)/t4-,5-,6-,7-,8+/m1/s1. The highest BCUT2D eigenvalue weighted by Crippen LogP contribution is 2.26. The van der Waals surface area contributed by atoms with Crippen molar-refractivity contribution in [1.82, 2.24) is 0 Å². The first kappa shape index (κ1) is 17.1. The van der Waals surface area contributed by atoms with E-state index < -0.39 is 47.6 Å². The molecule has 20 heavy (non-hydrogen) atoms. The van der Waals surface area contributed by atoms with E-state index in [1.54, 1.807) is 0 Å². The number of nitrogens with zero attached hydrogens (tertiary/aromatic N) is 3. The van der Waals surface area contributed by atoms with Gasteiger partial charge in [-0.25, -0.2) is 4.18 Å². The second-order valence-corrected chi connectivity index (χ2v) is 4.96. The molecule has 5 atom stereocenters. The van der Waals surface area contributed by atoms with Gasteiger partial charge in [-0.3, -0.25) is 4.55 Å². The predicted molar refractivity (Wildman–Crippen MR) is 62.9 cm³/mol. The van der Waals surface area contributed by atoms with Crippen LogP contribution < -0.4 is 0 Å². The third-order valence-electron chi connectivity index (χ3n) is 2.74. The number of rotatable bonds is 6. The van der Waals surface area contributed by atoms with Gasteiger partial charge in [0.1, 0.15) is 18.2 Å². The van der Waals surface area contributed by atoms with Gasteiger partial charge in [-0.2, -0.15) is 8.42 Å². The summed E-state index contributed by atoms with van der Waals surface area (Å²) in [5, 5.41) is 13.1. The SMILES string of the molecule is CO[C@@H]1[C@@H](N=[N+]=[N-])[C@@H](O)O[C@H](COS(=O)(=O)O)[C@H]1OC. The molecule has 1 aliphatic rings. The molecule has 1 rings (SSSR count). The number of azide groups is 1. The van der Waals surface area contributed by atoms with E-state index in [4.69, 9.17) is 24.3 Å². The quantitative estimate of drug-likeness (QED) is 0.280. The van der Waals surface area contributed by atoms with Crippen LogP contribution in [0.2, 0.25) is 0 Å². The Balaban J connectivity index is 2.90. The van der Waals surface area contributed by atoms with Crippen molar-refractivity contribution in [2.75, 3.05) is 20.8 Å². The molecular formula is C8H15N3O8S. The molecule has 1 saturated heterocycles. The molecule has 116 valence electrons. The van der Waals surface area contributed by atoms with E-state index in [2.05, 4.69) is 14.2 Å². The molecule has 12 heteroatoms. The fourth-order valence-electron chi connectivity index (χ4n) is 1.93. The lowest BCUT2D eigenvalue weighted by atomic mass is 9.97. The van der Waals surface area contributed by atoms with Gasteiger partial charge in [-0.1, -0.05) is 5.11 Å². The van der Waals surface area contributed by atoms with Crippen molar-refractivity contribution in [3.8, 4) is 0 Å². The van der Waals surface area contributed by atoms with Gasteiger partial charge < -0.3 is 19.3 Å². The molecule has 1 heterocycles. The van der Waals surface area contributed by atoms with Crippen molar-refractivity contribution in [2.24, 2.45) is 5.11 Å². The molecule has 0 unspecified atom stereocenters. The minimum Gasteiger partial charge on any atom is -0.378 e. The molecule has 2 N–H and O–H groups in total. The van der Waals surface area contributed by atoms with E-state index in [-0.39, 0.29) is 0 Å². The number of aliphatic hydroxyl groups excluding tert-OH is 1. The van der Waals surface area contributed by atoms with Crippen LogP contribution in [0.3, 0.4) is 0 Å². The molecule has 0 bridgehead atoms. The van der Waals surface area contributed by atoms with Gasteiger partial charge in [-0.15, -0.1) is 0 Å². The smallest absolute Gasteiger partial charge is 0.378 e. The second-order valence-electron chi connectivity index (χ2n) is 3.87. The zero-order chi connectivity index (χ0) is 15.3. The van der Waals surface area contributed by atoms with Crippen molar-refractivity contribution < 1.29 is 36.5 Å². The molecule has 0 saturated carbocycles. The highest BCUT2D eigenvalue weighted by atomic mass is 32.3. The molecule has 1 aliphatic heterocycles. The Morgan fingerprint density at radius 3 is 2.40 bits per heavy atom. The zero-order valence-corrected chi connectivity index (χ0v) is 11.5. The maximum Gasteiger partial charge on any atom is 0.397 e. The summed E-state index contributed by atoms with van der Waals surface area (Å²) in [6.45, 7) is -0.600. The lowest BCUT2D eigenvalue weighted by Gasteiger charge is -2.41. The Kier molecular flexibility index (Phi) is 6.10. The molecule has 0 aromatic carbocycles. The lowest BCUT2D eigenvalue weighted by molar-refractivity contribution is -0.256. The summed E-state index contributed by atoms with van der Waals surface area (Å²) < 4.78 is 49.1. The van der Waals surface area contributed by atoms with Crippen molar-refractivity contribution in [3.63, 3.8) is 0 Å². The van der Waals surface area contributed by atoms with Crippen LogP contribution >= 0.6 is 0 Å². The second kappa shape index (κ2) is 7.15. The van der Waals surface area contributed by atoms with E-state index >= 15 is 0 Å². The maximum absolute atomic E-state index is 10.5. The summed E-state index contributed by atoms with van der Waals surface area (Å²) in [6, 6.07) is -1.07. The van der Waals surface area contributed by atoms with Crippen LogP contribution in [-0.2, 0) is 28.8 Å². The molecular weight excluding hydrogens is 298 g/mol. The summed E-state index contributed by atoms with van der Waals surface area (Å²) in [5.74, 6) is 0. The van der Waals surface area contributed by atoms with Crippen molar-refractivity contribution in [1.29, 1.82) is 0 Å². The lowest BCUT2D eigenvalue weighted by Crippen LogP contribution is -2.59. The van der Waals surface area contributed by atoms with Crippen LogP contribution in [0.25, 0.3) is 10.4 Å². The average Bonchev–Trinajstić information content (AvgIpc) is 2.37. The molecule has 1 fully saturated rings. The van der Waals surface area contributed by atoms with Gasteiger partial charge in [-0.05, 0) is 5.53 Å².